The molecule has 0 aliphatic heterocycles. The molecule has 1 heteroatoms. The lowest BCUT2D eigenvalue weighted by molar-refractivity contribution is 0.550. The zero-order valence-corrected chi connectivity index (χ0v) is 9.58. The second kappa shape index (κ2) is 4.80. The molecule has 0 aromatic heterocycles. The highest BCUT2D eigenvalue weighted by atomic mass is 14.7. The molecular weight excluding hydrogens is 182 g/mol. The van der Waals surface area contributed by atoms with Crippen molar-refractivity contribution in [3.63, 3.8) is 0 Å². The van der Waals surface area contributed by atoms with Gasteiger partial charge in [-0.15, -0.1) is 0 Å². The molecule has 15 heavy (non-hydrogen) atoms. The van der Waals surface area contributed by atoms with Crippen molar-refractivity contribution in [3.8, 4) is 0 Å². The smallest absolute Gasteiger partial charge is 0.00703 e. The highest BCUT2D eigenvalue weighted by Gasteiger charge is 2.27. The topological polar surface area (TPSA) is 26.0 Å². The van der Waals surface area contributed by atoms with Crippen molar-refractivity contribution in [3.05, 3.63) is 35.4 Å². The Morgan fingerprint density at radius 1 is 1.33 bits per heavy atom. The molecule has 1 aliphatic rings. The van der Waals surface area contributed by atoms with Crippen LogP contribution in [0.25, 0.3) is 0 Å². The highest BCUT2D eigenvalue weighted by Crippen LogP contribution is 2.33. The van der Waals surface area contributed by atoms with Gasteiger partial charge in [-0.2, -0.15) is 0 Å². The van der Waals surface area contributed by atoms with Crippen LogP contribution in [0.2, 0.25) is 0 Å². The summed E-state index contributed by atoms with van der Waals surface area (Å²) in [7, 11) is 0. The summed E-state index contributed by atoms with van der Waals surface area (Å²) in [6, 6.07) is 9.34. The quantitative estimate of drug-likeness (QED) is 0.782. The predicted octanol–water partition coefficient (Wildman–Crippen LogP) is 2.92. The summed E-state index contributed by atoms with van der Waals surface area (Å²) >= 11 is 0. The van der Waals surface area contributed by atoms with Gasteiger partial charge in [0.2, 0.25) is 0 Å². The minimum absolute atomic E-state index is 0.440. The summed E-state index contributed by atoms with van der Waals surface area (Å²) in [5.41, 5.74) is 8.98. The van der Waals surface area contributed by atoms with Gasteiger partial charge >= 0.3 is 0 Å². The molecule has 0 amide bonds. The van der Waals surface area contributed by atoms with Gasteiger partial charge in [0, 0.05) is 6.04 Å². The van der Waals surface area contributed by atoms with Crippen molar-refractivity contribution in [1.82, 2.24) is 0 Å². The van der Waals surface area contributed by atoms with E-state index in [1.165, 1.54) is 24.0 Å². The van der Waals surface area contributed by atoms with Crippen LogP contribution in [0.15, 0.2) is 24.3 Å². The van der Waals surface area contributed by atoms with Crippen molar-refractivity contribution < 1.29 is 0 Å². The van der Waals surface area contributed by atoms with E-state index in [2.05, 4.69) is 31.2 Å². The van der Waals surface area contributed by atoms with Gasteiger partial charge < -0.3 is 5.73 Å². The van der Waals surface area contributed by atoms with Crippen LogP contribution >= 0.6 is 0 Å². The monoisotopic (exact) mass is 203 g/mol. The first-order valence-electron chi connectivity index (χ1n) is 6.13. The number of nitrogens with two attached hydrogens (primary N) is 1. The first-order chi connectivity index (χ1) is 7.29. The van der Waals surface area contributed by atoms with Crippen molar-refractivity contribution in [2.75, 3.05) is 0 Å². The first-order valence-corrected chi connectivity index (χ1v) is 6.13. The third-order valence-electron chi connectivity index (χ3n) is 3.39. The van der Waals surface area contributed by atoms with Crippen molar-refractivity contribution in [2.24, 2.45) is 11.7 Å². The maximum Gasteiger partial charge on any atom is 0.00703 e. The molecule has 0 radical (unpaired) electrons. The number of hydrogen-bond acceptors (Lipinski definition) is 1. The Morgan fingerprint density at radius 2 is 2.07 bits per heavy atom. The molecule has 1 fully saturated rings. The van der Waals surface area contributed by atoms with E-state index in [4.69, 9.17) is 5.73 Å². The van der Waals surface area contributed by atoms with Crippen LogP contribution in [0.5, 0.6) is 0 Å². The molecule has 82 valence electrons. The molecule has 2 N–H and O–H groups in total. The Bertz CT molecular complexity index is 315. The molecule has 1 aromatic rings. The number of aryl methyl sites for hydroxylation is 2. The van der Waals surface area contributed by atoms with E-state index >= 15 is 0 Å². The maximum absolute atomic E-state index is 6.10. The van der Waals surface area contributed by atoms with Gasteiger partial charge in [0.25, 0.3) is 0 Å². The van der Waals surface area contributed by atoms with E-state index in [1.807, 2.05) is 0 Å². The van der Waals surface area contributed by atoms with Crippen LogP contribution in [-0.2, 0) is 12.8 Å². The second-order valence-electron chi connectivity index (χ2n) is 4.71. The molecule has 2 rings (SSSR count). The fraction of sp³-hybridized carbons (Fsp3) is 0.571. The van der Waals surface area contributed by atoms with Gasteiger partial charge in [-0.05, 0) is 49.1 Å². The van der Waals surface area contributed by atoms with Crippen LogP contribution in [0.1, 0.15) is 37.3 Å². The van der Waals surface area contributed by atoms with Crippen LogP contribution in [-0.4, -0.2) is 6.04 Å². The molecule has 1 saturated carbocycles. The molecule has 1 aliphatic carbocycles. The van der Waals surface area contributed by atoms with E-state index in [0.717, 1.165) is 25.2 Å². The van der Waals surface area contributed by atoms with Gasteiger partial charge in [0.05, 0.1) is 0 Å². The van der Waals surface area contributed by atoms with Crippen LogP contribution in [0, 0.1) is 5.92 Å². The van der Waals surface area contributed by atoms with Gasteiger partial charge in [-0.1, -0.05) is 31.2 Å². The first kappa shape index (κ1) is 10.7. The maximum atomic E-state index is 6.10. The normalized spacial score (nSPS) is 17.7. The minimum Gasteiger partial charge on any atom is -0.327 e. The average molecular weight is 203 g/mol. The van der Waals surface area contributed by atoms with E-state index in [1.54, 1.807) is 0 Å². The number of rotatable bonds is 5. The number of hydrogen-bond donors (Lipinski definition) is 1. The summed E-state index contributed by atoms with van der Waals surface area (Å²) in [4.78, 5) is 0. The third-order valence-corrected chi connectivity index (χ3v) is 3.39. The summed E-state index contributed by atoms with van der Waals surface area (Å²) in [5.74, 6) is 0.833. The summed E-state index contributed by atoms with van der Waals surface area (Å²) in [5, 5.41) is 0. The lowest BCUT2D eigenvalue weighted by atomic mass is 10.0. The fourth-order valence-corrected chi connectivity index (χ4v) is 2.10. The van der Waals surface area contributed by atoms with Crippen LogP contribution < -0.4 is 5.73 Å². The third kappa shape index (κ3) is 3.07. The van der Waals surface area contributed by atoms with Gasteiger partial charge in [0.1, 0.15) is 0 Å². The Hall–Kier alpha value is -0.820. The standard InChI is InChI=1S/C14H21N/c1-2-11-4-3-5-12(10-11)6-9-14(15)13-7-8-13/h3-5,10,13-14H,2,6-9,15H2,1H3. The van der Waals surface area contributed by atoms with Crippen molar-refractivity contribution in [2.45, 2.75) is 45.1 Å². The summed E-state index contributed by atoms with van der Waals surface area (Å²) in [6.07, 6.45) is 6.14. The molecule has 1 unspecified atom stereocenters. The van der Waals surface area contributed by atoms with Gasteiger partial charge in [-0.3, -0.25) is 0 Å². The summed E-state index contributed by atoms with van der Waals surface area (Å²) in [6.45, 7) is 2.20. The Morgan fingerprint density at radius 3 is 2.73 bits per heavy atom. The molecule has 0 saturated heterocycles. The molecular formula is C14H21N. The summed E-state index contributed by atoms with van der Waals surface area (Å²) < 4.78 is 0. The molecule has 0 spiro atoms. The Labute approximate surface area is 92.7 Å². The number of benzene rings is 1. The zero-order valence-electron chi connectivity index (χ0n) is 9.58. The Kier molecular flexibility index (Phi) is 3.42. The predicted molar refractivity (Wildman–Crippen MR) is 64.8 cm³/mol. The van der Waals surface area contributed by atoms with Crippen molar-refractivity contribution in [1.29, 1.82) is 0 Å². The van der Waals surface area contributed by atoms with E-state index in [9.17, 15) is 0 Å². The molecule has 0 heterocycles. The molecule has 1 atom stereocenters. The Balaban J connectivity index is 1.86. The van der Waals surface area contributed by atoms with Crippen LogP contribution in [0.3, 0.4) is 0 Å². The molecule has 1 nitrogen and oxygen atoms in total. The van der Waals surface area contributed by atoms with Crippen LogP contribution in [0.4, 0.5) is 0 Å². The second-order valence-corrected chi connectivity index (χ2v) is 4.71. The molecule has 0 bridgehead atoms. The lowest BCUT2D eigenvalue weighted by Crippen LogP contribution is -2.22. The largest absolute Gasteiger partial charge is 0.327 e. The van der Waals surface area contributed by atoms with Crippen molar-refractivity contribution >= 4 is 0 Å². The average Bonchev–Trinajstić information content (AvgIpc) is 3.10. The van der Waals surface area contributed by atoms with E-state index < -0.39 is 0 Å². The SMILES string of the molecule is CCc1cccc(CCC(N)C2CC2)c1. The van der Waals surface area contributed by atoms with Gasteiger partial charge in [-0.25, -0.2) is 0 Å². The van der Waals surface area contributed by atoms with E-state index in [-0.39, 0.29) is 0 Å². The highest BCUT2D eigenvalue weighted by molar-refractivity contribution is 5.23. The van der Waals surface area contributed by atoms with E-state index in [0.29, 0.717) is 6.04 Å². The minimum atomic E-state index is 0.440. The zero-order chi connectivity index (χ0) is 10.7. The molecule has 1 aromatic carbocycles. The lowest BCUT2D eigenvalue weighted by Gasteiger charge is -2.10. The fourth-order valence-electron chi connectivity index (χ4n) is 2.10. The van der Waals surface area contributed by atoms with Gasteiger partial charge in [0.15, 0.2) is 0 Å².